The second kappa shape index (κ2) is 8.36. The first-order valence-corrected chi connectivity index (χ1v) is 12.9. The third-order valence-corrected chi connectivity index (χ3v) is 10.2. The summed E-state index contributed by atoms with van der Waals surface area (Å²) in [5.74, 6) is 3.68. The fourth-order valence-corrected chi connectivity index (χ4v) is 8.73. The van der Waals surface area contributed by atoms with Gasteiger partial charge in [-0.05, 0) is 113 Å². The fraction of sp³-hybridized carbons (Fsp3) is 0.852. The molecule has 0 aliphatic heterocycles. The first-order chi connectivity index (χ1) is 15.0. The van der Waals surface area contributed by atoms with Gasteiger partial charge in [-0.15, -0.1) is 0 Å². The predicted octanol–water partition coefficient (Wildman–Crippen LogP) is 6.48. The summed E-state index contributed by atoms with van der Waals surface area (Å²) < 4.78 is 5.04. The molecule has 0 unspecified atom stereocenters. The van der Waals surface area contributed by atoms with Gasteiger partial charge in [-0.1, -0.05) is 13.8 Å². The Bertz CT molecular complexity index is 781. The number of hydrogen-bond donors (Lipinski definition) is 1. The van der Waals surface area contributed by atoms with Crippen LogP contribution in [0.1, 0.15) is 92.9 Å². The molecule has 4 aliphatic carbocycles. The molecule has 0 radical (unpaired) electrons. The second-order valence-corrected chi connectivity index (χ2v) is 12.2. The summed E-state index contributed by atoms with van der Waals surface area (Å²) in [7, 11) is 0. The van der Waals surface area contributed by atoms with E-state index in [2.05, 4.69) is 46.4 Å². The van der Waals surface area contributed by atoms with Crippen LogP contribution in [0, 0.1) is 40.4 Å². The number of hydrogen-bond acceptors (Lipinski definition) is 3. The summed E-state index contributed by atoms with van der Waals surface area (Å²) in [6, 6.07) is 0.485. The quantitative estimate of drug-likeness (QED) is 0.503. The van der Waals surface area contributed by atoms with E-state index < -0.39 is 6.16 Å². The van der Waals surface area contributed by atoms with Crippen LogP contribution in [0.15, 0.2) is 11.8 Å². The number of nitrogens with zero attached hydrogens (tertiary/aromatic N) is 1. The van der Waals surface area contributed by atoms with Crippen LogP contribution in [-0.2, 0) is 9.53 Å². The number of carbonyl (C=O) groups excluding carboxylic acids is 1. The number of carbonyl (C=O) groups is 2. The van der Waals surface area contributed by atoms with Gasteiger partial charge in [0, 0.05) is 24.4 Å². The summed E-state index contributed by atoms with van der Waals surface area (Å²) in [5.41, 5.74) is 0.338. The Morgan fingerprint density at radius 1 is 1.00 bits per heavy atom. The smallest absolute Gasteiger partial charge is 0.449 e. The van der Waals surface area contributed by atoms with Crippen molar-refractivity contribution in [2.24, 2.45) is 40.4 Å². The average molecular weight is 446 g/mol. The van der Waals surface area contributed by atoms with Gasteiger partial charge in [-0.2, -0.15) is 0 Å². The van der Waals surface area contributed by atoms with Crippen LogP contribution in [-0.4, -0.2) is 34.2 Å². The highest BCUT2D eigenvalue weighted by Gasteiger charge is 2.61. The highest BCUT2D eigenvalue weighted by molar-refractivity contribution is 5.80. The molecule has 0 spiro atoms. The number of ether oxygens (including phenoxy) is 1. The molecular weight excluding hydrogens is 402 g/mol. The third kappa shape index (κ3) is 3.68. The summed E-state index contributed by atoms with van der Waals surface area (Å²) >= 11 is 0. The van der Waals surface area contributed by atoms with Gasteiger partial charge in [0.15, 0.2) is 0 Å². The lowest BCUT2D eigenvalue weighted by Crippen LogP contribution is -2.54. The zero-order valence-corrected chi connectivity index (χ0v) is 20.9. The van der Waals surface area contributed by atoms with Crippen LogP contribution in [0.5, 0.6) is 0 Å². The van der Waals surface area contributed by atoms with Crippen LogP contribution in [0.25, 0.3) is 0 Å². The molecule has 0 bridgehead atoms. The predicted molar refractivity (Wildman–Crippen MR) is 125 cm³/mol. The van der Waals surface area contributed by atoms with Crippen molar-refractivity contribution in [1.82, 2.24) is 4.90 Å². The van der Waals surface area contributed by atoms with Crippen molar-refractivity contribution in [3.8, 4) is 0 Å². The van der Waals surface area contributed by atoms with Crippen LogP contribution >= 0.6 is 0 Å². The standard InChI is InChI=1S/C27H43NO4/c1-16(2)28(17(3)4)24(29)23-10-9-21-20-8-7-18-15-19(32-25(30)31)11-13-26(18,5)22(20)12-14-27(21,23)6/h11,16-18,20-23H,7-10,12-15H2,1-6H3,(H,30,31)/t18-,20-,21-,22-,23+,26-,27-/m0/s1. The SMILES string of the molecule is CC(C)N(C(=O)[C@H]1CC[C@H]2[C@@H]3CC[C@H]4CC(OC(=O)O)=CC[C@]4(C)[C@H]3CC[C@]12C)C(C)C. The highest BCUT2D eigenvalue weighted by atomic mass is 16.7. The van der Waals surface area contributed by atoms with Crippen molar-refractivity contribution in [2.75, 3.05) is 0 Å². The van der Waals surface area contributed by atoms with Gasteiger partial charge in [0.05, 0.1) is 0 Å². The van der Waals surface area contributed by atoms with Gasteiger partial charge in [0.2, 0.25) is 5.91 Å². The summed E-state index contributed by atoms with van der Waals surface area (Å²) in [6.07, 6.45) is 9.44. The minimum absolute atomic E-state index is 0.117. The molecule has 1 N–H and O–H groups in total. The first kappa shape index (κ1) is 23.6. The van der Waals surface area contributed by atoms with Crippen molar-refractivity contribution >= 4 is 12.1 Å². The molecule has 5 nitrogen and oxygen atoms in total. The number of rotatable bonds is 4. The molecule has 180 valence electrons. The molecule has 5 heteroatoms. The molecule has 0 aromatic heterocycles. The zero-order valence-electron chi connectivity index (χ0n) is 20.9. The maximum absolute atomic E-state index is 13.7. The van der Waals surface area contributed by atoms with Gasteiger partial charge in [-0.3, -0.25) is 4.79 Å². The number of fused-ring (bicyclic) bond motifs is 5. The van der Waals surface area contributed by atoms with E-state index >= 15 is 0 Å². The van der Waals surface area contributed by atoms with Crippen LogP contribution in [0.4, 0.5) is 4.79 Å². The van der Waals surface area contributed by atoms with Gasteiger partial charge in [-0.25, -0.2) is 4.79 Å². The fourth-order valence-electron chi connectivity index (χ4n) is 8.73. The lowest BCUT2D eigenvalue weighted by molar-refractivity contribution is -0.148. The van der Waals surface area contributed by atoms with Crippen LogP contribution < -0.4 is 0 Å². The zero-order chi connectivity index (χ0) is 23.4. The molecule has 0 aromatic rings. The molecular formula is C27H43NO4. The van der Waals surface area contributed by atoms with Gasteiger partial charge in [0.25, 0.3) is 0 Å². The second-order valence-electron chi connectivity index (χ2n) is 12.2. The number of carboxylic acid groups (broad SMARTS) is 1. The molecule has 0 heterocycles. The Morgan fingerprint density at radius 2 is 1.66 bits per heavy atom. The minimum atomic E-state index is -1.19. The van der Waals surface area contributed by atoms with Crippen LogP contribution in [0.2, 0.25) is 0 Å². The Kier molecular flexibility index (Phi) is 6.17. The minimum Gasteiger partial charge on any atom is -0.449 e. The lowest BCUT2D eigenvalue weighted by Gasteiger charge is -2.60. The topological polar surface area (TPSA) is 66.8 Å². The highest BCUT2D eigenvalue weighted by Crippen LogP contribution is 2.67. The van der Waals surface area contributed by atoms with Gasteiger partial charge < -0.3 is 14.7 Å². The van der Waals surface area contributed by atoms with E-state index in [1.54, 1.807) is 0 Å². The van der Waals surface area contributed by atoms with Crippen molar-refractivity contribution in [3.63, 3.8) is 0 Å². The Hall–Kier alpha value is -1.52. The molecule has 7 atom stereocenters. The summed E-state index contributed by atoms with van der Waals surface area (Å²) in [4.78, 5) is 26.9. The molecule has 3 fully saturated rings. The van der Waals surface area contributed by atoms with E-state index in [0.717, 1.165) is 32.1 Å². The maximum atomic E-state index is 13.7. The van der Waals surface area contributed by atoms with E-state index in [-0.39, 0.29) is 28.8 Å². The molecule has 1 amide bonds. The monoisotopic (exact) mass is 445 g/mol. The number of allylic oxidation sites excluding steroid dienone is 2. The van der Waals surface area contributed by atoms with E-state index in [9.17, 15) is 9.59 Å². The molecule has 0 saturated heterocycles. The Labute approximate surface area is 194 Å². The number of amides is 1. The van der Waals surface area contributed by atoms with E-state index in [1.165, 1.54) is 19.3 Å². The first-order valence-electron chi connectivity index (χ1n) is 12.9. The van der Waals surface area contributed by atoms with E-state index in [0.29, 0.717) is 35.3 Å². The van der Waals surface area contributed by atoms with Crippen molar-refractivity contribution in [1.29, 1.82) is 0 Å². The van der Waals surface area contributed by atoms with Gasteiger partial charge >= 0.3 is 6.16 Å². The van der Waals surface area contributed by atoms with Crippen molar-refractivity contribution in [2.45, 2.75) is 105 Å². The molecule has 4 rings (SSSR count). The summed E-state index contributed by atoms with van der Waals surface area (Å²) in [5, 5.41) is 9.03. The third-order valence-electron chi connectivity index (χ3n) is 10.2. The lowest BCUT2D eigenvalue weighted by atomic mass is 9.45. The molecule has 3 saturated carbocycles. The van der Waals surface area contributed by atoms with Gasteiger partial charge in [0.1, 0.15) is 5.76 Å². The van der Waals surface area contributed by atoms with Crippen LogP contribution in [0.3, 0.4) is 0 Å². The maximum Gasteiger partial charge on any atom is 0.511 e. The molecule has 32 heavy (non-hydrogen) atoms. The van der Waals surface area contributed by atoms with E-state index in [4.69, 9.17) is 9.84 Å². The molecule has 4 aliphatic rings. The van der Waals surface area contributed by atoms with Crippen molar-refractivity contribution in [3.05, 3.63) is 11.8 Å². The Balaban J connectivity index is 1.55. The summed E-state index contributed by atoms with van der Waals surface area (Å²) in [6.45, 7) is 13.4. The average Bonchev–Trinajstić information content (AvgIpc) is 3.04. The van der Waals surface area contributed by atoms with E-state index in [1.807, 2.05) is 6.08 Å². The Morgan fingerprint density at radius 3 is 2.28 bits per heavy atom. The van der Waals surface area contributed by atoms with Crippen molar-refractivity contribution < 1.29 is 19.4 Å². The molecule has 0 aromatic carbocycles. The normalized spacial score (nSPS) is 40.9. The largest absolute Gasteiger partial charge is 0.511 e.